The highest BCUT2D eigenvalue weighted by molar-refractivity contribution is 5.78. The predicted molar refractivity (Wildman–Crippen MR) is 77.9 cm³/mol. The van der Waals surface area contributed by atoms with Gasteiger partial charge in [-0.1, -0.05) is 13.3 Å². The minimum absolute atomic E-state index is 0.326. The second-order valence-electron chi connectivity index (χ2n) is 6.20. The van der Waals surface area contributed by atoms with Gasteiger partial charge in [0.05, 0.1) is 6.54 Å². The lowest BCUT2D eigenvalue weighted by atomic mass is 9.98. The Morgan fingerprint density at radius 3 is 2.53 bits per heavy atom. The van der Waals surface area contributed by atoms with Gasteiger partial charge in [0.1, 0.15) is 0 Å². The number of nitrogens with zero attached hydrogens (tertiary/aromatic N) is 2. The van der Waals surface area contributed by atoms with E-state index >= 15 is 0 Å². The highest BCUT2D eigenvalue weighted by atomic mass is 16.2. The summed E-state index contributed by atoms with van der Waals surface area (Å²) in [6.07, 6.45) is 6.98. The smallest absolute Gasteiger partial charge is 0.236 e. The summed E-state index contributed by atoms with van der Waals surface area (Å²) in [7, 11) is 0. The molecule has 0 aliphatic carbocycles. The first-order valence-corrected chi connectivity index (χ1v) is 7.94. The van der Waals surface area contributed by atoms with Crippen molar-refractivity contribution >= 4 is 5.91 Å². The van der Waals surface area contributed by atoms with Crippen LogP contribution in [0.5, 0.6) is 0 Å². The van der Waals surface area contributed by atoms with Gasteiger partial charge in [0.15, 0.2) is 0 Å². The van der Waals surface area contributed by atoms with Crippen LogP contribution in [0, 0.1) is 5.92 Å². The number of carbonyl (C=O) groups is 1. The van der Waals surface area contributed by atoms with Crippen molar-refractivity contribution in [2.45, 2.75) is 51.5 Å². The summed E-state index contributed by atoms with van der Waals surface area (Å²) in [5.74, 6) is 1.15. The summed E-state index contributed by atoms with van der Waals surface area (Å²) in [6, 6.07) is 0.342. The molecule has 2 saturated heterocycles. The molecule has 4 heteroatoms. The van der Waals surface area contributed by atoms with Crippen molar-refractivity contribution in [1.82, 2.24) is 9.80 Å². The summed E-state index contributed by atoms with van der Waals surface area (Å²) in [6.45, 7) is 6.76. The average Bonchev–Trinajstić information content (AvgIpc) is 2.66. The van der Waals surface area contributed by atoms with Crippen molar-refractivity contribution in [2.24, 2.45) is 11.7 Å². The quantitative estimate of drug-likeness (QED) is 0.842. The highest BCUT2D eigenvalue weighted by Gasteiger charge is 2.23. The van der Waals surface area contributed by atoms with Crippen molar-refractivity contribution in [2.75, 3.05) is 32.7 Å². The Labute approximate surface area is 117 Å². The first-order chi connectivity index (χ1) is 9.19. The zero-order valence-electron chi connectivity index (χ0n) is 12.3. The Hall–Kier alpha value is -0.610. The zero-order chi connectivity index (χ0) is 13.7. The lowest BCUT2D eigenvalue weighted by Gasteiger charge is -2.31. The van der Waals surface area contributed by atoms with Gasteiger partial charge in [-0.15, -0.1) is 0 Å². The molecule has 2 rings (SSSR count). The van der Waals surface area contributed by atoms with Crippen LogP contribution in [0.2, 0.25) is 0 Å². The number of hydrogen-bond donors (Lipinski definition) is 1. The molecule has 2 aliphatic heterocycles. The maximum absolute atomic E-state index is 12.3. The summed E-state index contributed by atoms with van der Waals surface area (Å²) in [5, 5.41) is 0. The lowest BCUT2D eigenvalue weighted by Crippen LogP contribution is -2.46. The molecule has 0 spiro atoms. The van der Waals surface area contributed by atoms with Gasteiger partial charge in [-0.25, -0.2) is 0 Å². The van der Waals surface area contributed by atoms with E-state index in [0.717, 1.165) is 44.9 Å². The molecule has 0 radical (unpaired) electrons. The Morgan fingerprint density at radius 2 is 1.84 bits per heavy atom. The molecule has 2 heterocycles. The Kier molecular flexibility index (Phi) is 5.64. The maximum atomic E-state index is 12.3. The van der Waals surface area contributed by atoms with Gasteiger partial charge in [0.25, 0.3) is 0 Å². The fourth-order valence-electron chi connectivity index (χ4n) is 3.23. The molecule has 0 aromatic rings. The van der Waals surface area contributed by atoms with Gasteiger partial charge >= 0.3 is 0 Å². The monoisotopic (exact) mass is 267 g/mol. The minimum atomic E-state index is 0.326. The normalized spacial score (nSPS) is 27.3. The highest BCUT2D eigenvalue weighted by Crippen LogP contribution is 2.20. The zero-order valence-corrected chi connectivity index (χ0v) is 12.3. The molecular formula is C15H29N3O. The molecule has 4 nitrogen and oxygen atoms in total. The number of rotatable bonds is 3. The van der Waals surface area contributed by atoms with Crippen LogP contribution in [0.1, 0.15) is 45.4 Å². The fraction of sp³-hybridized carbons (Fsp3) is 0.933. The summed E-state index contributed by atoms with van der Waals surface area (Å²) in [5.41, 5.74) is 5.90. The van der Waals surface area contributed by atoms with Crippen molar-refractivity contribution < 1.29 is 4.79 Å². The Morgan fingerprint density at radius 1 is 1.11 bits per heavy atom. The molecule has 0 aromatic heterocycles. The molecule has 1 unspecified atom stereocenters. The van der Waals surface area contributed by atoms with Crippen LogP contribution in [-0.2, 0) is 4.79 Å². The second-order valence-corrected chi connectivity index (χ2v) is 6.20. The lowest BCUT2D eigenvalue weighted by molar-refractivity contribution is -0.132. The van der Waals surface area contributed by atoms with Crippen LogP contribution in [0.4, 0.5) is 0 Å². The number of carbonyl (C=O) groups excluding carboxylic acids is 1. The van der Waals surface area contributed by atoms with E-state index in [-0.39, 0.29) is 0 Å². The number of nitrogens with two attached hydrogens (primary N) is 1. The van der Waals surface area contributed by atoms with Gasteiger partial charge in [-0.05, 0) is 38.0 Å². The van der Waals surface area contributed by atoms with Crippen molar-refractivity contribution in [1.29, 1.82) is 0 Å². The van der Waals surface area contributed by atoms with E-state index in [2.05, 4.69) is 16.7 Å². The molecule has 0 bridgehead atoms. The van der Waals surface area contributed by atoms with E-state index in [1.807, 2.05) is 0 Å². The minimum Gasteiger partial charge on any atom is -0.342 e. The molecular weight excluding hydrogens is 238 g/mol. The van der Waals surface area contributed by atoms with E-state index in [1.165, 1.54) is 25.7 Å². The van der Waals surface area contributed by atoms with Crippen LogP contribution in [0.15, 0.2) is 0 Å². The SMILES string of the molecule is CCC1CCCN(C(=O)CN2CCC(N)CC2)CC1. The fourth-order valence-corrected chi connectivity index (χ4v) is 3.23. The van der Waals surface area contributed by atoms with E-state index in [0.29, 0.717) is 18.5 Å². The standard InChI is InChI=1S/C15H29N3O/c1-2-13-4-3-8-18(11-5-13)15(19)12-17-9-6-14(16)7-10-17/h13-14H,2-12,16H2,1H3. The molecule has 110 valence electrons. The molecule has 1 amide bonds. The van der Waals surface area contributed by atoms with Crippen molar-refractivity contribution in [3.63, 3.8) is 0 Å². The van der Waals surface area contributed by atoms with Crippen molar-refractivity contribution in [3.8, 4) is 0 Å². The van der Waals surface area contributed by atoms with Gasteiger partial charge in [-0.3, -0.25) is 9.69 Å². The second kappa shape index (κ2) is 7.25. The van der Waals surface area contributed by atoms with E-state index in [9.17, 15) is 4.79 Å². The van der Waals surface area contributed by atoms with Gasteiger partial charge < -0.3 is 10.6 Å². The Balaban J connectivity index is 1.76. The molecule has 1 atom stereocenters. The first kappa shape index (κ1) is 14.8. The van der Waals surface area contributed by atoms with Crippen LogP contribution < -0.4 is 5.73 Å². The van der Waals surface area contributed by atoms with Gasteiger partial charge in [0.2, 0.25) is 5.91 Å². The largest absolute Gasteiger partial charge is 0.342 e. The maximum Gasteiger partial charge on any atom is 0.236 e. The van der Waals surface area contributed by atoms with Crippen LogP contribution in [0.25, 0.3) is 0 Å². The third-order valence-electron chi connectivity index (χ3n) is 4.77. The Bertz CT molecular complexity index is 287. The van der Waals surface area contributed by atoms with E-state index in [4.69, 9.17) is 5.73 Å². The van der Waals surface area contributed by atoms with Crippen LogP contribution in [0.3, 0.4) is 0 Å². The molecule has 2 fully saturated rings. The average molecular weight is 267 g/mol. The number of piperidine rings is 1. The molecule has 0 aromatic carbocycles. The first-order valence-electron chi connectivity index (χ1n) is 7.94. The third-order valence-corrected chi connectivity index (χ3v) is 4.77. The van der Waals surface area contributed by atoms with Crippen LogP contribution >= 0.6 is 0 Å². The van der Waals surface area contributed by atoms with Crippen molar-refractivity contribution in [3.05, 3.63) is 0 Å². The summed E-state index contributed by atoms with van der Waals surface area (Å²) >= 11 is 0. The van der Waals surface area contributed by atoms with E-state index in [1.54, 1.807) is 0 Å². The number of likely N-dealkylation sites (tertiary alicyclic amines) is 2. The van der Waals surface area contributed by atoms with Crippen LogP contribution in [-0.4, -0.2) is 54.5 Å². The molecule has 19 heavy (non-hydrogen) atoms. The van der Waals surface area contributed by atoms with Gasteiger partial charge in [0, 0.05) is 32.2 Å². The molecule has 2 aliphatic rings. The van der Waals surface area contributed by atoms with E-state index < -0.39 is 0 Å². The molecule has 2 N–H and O–H groups in total. The van der Waals surface area contributed by atoms with Gasteiger partial charge in [-0.2, -0.15) is 0 Å². The number of hydrogen-bond acceptors (Lipinski definition) is 3. The number of amides is 1. The summed E-state index contributed by atoms with van der Waals surface area (Å²) < 4.78 is 0. The molecule has 0 saturated carbocycles. The predicted octanol–water partition coefficient (Wildman–Crippen LogP) is 1.45. The third kappa shape index (κ3) is 4.46. The summed E-state index contributed by atoms with van der Waals surface area (Å²) in [4.78, 5) is 16.7. The topological polar surface area (TPSA) is 49.6 Å².